The summed E-state index contributed by atoms with van der Waals surface area (Å²) in [6.45, 7) is 0.622. The quantitative estimate of drug-likeness (QED) is 0.188. The molecule has 3 aromatic carbocycles. The van der Waals surface area contributed by atoms with Crippen LogP contribution in [0, 0.1) is 14.9 Å². The first-order valence-corrected chi connectivity index (χ1v) is 11.2. The fourth-order valence-corrected chi connectivity index (χ4v) is 4.16. The van der Waals surface area contributed by atoms with Crippen LogP contribution < -0.4 is 18.9 Å². The van der Waals surface area contributed by atoms with Crippen LogP contribution in [0.15, 0.2) is 59.1 Å². The first kappa shape index (κ1) is 21.5. The molecule has 5 nitrogen and oxygen atoms in total. The van der Waals surface area contributed by atoms with E-state index in [0.29, 0.717) is 35.2 Å². The molecule has 0 fully saturated rings. The lowest BCUT2D eigenvalue weighted by Crippen LogP contribution is -2.00. The van der Waals surface area contributed by atoms with Crippen LogP contribution in [0.4, 0.5) is 0 Å². The summed E-state index contributed by atoms with van der Waals surface area (Å²) < 4.78 is 24.3. The molecular formula is C24H17BrINO4. The highest BCUT2D eigenvalue weighted by molar-refractivity contribution is 14.1. The van der Waals surface area contributed by atoms with Crippen molar-refractivity contribution in [2.75, 3.05) is 13.9 Å². The molecule has 3 aromatic rings. The summed E-state index contributed by atoms with van der Waals surface area (Å²) in [6.07, 6.45) is 1.82. The van der Waals surface area contributed by atoms with E-state index in [2.05, 4.69) is 44.6 Å². The van der Waals surface area contributed by atoms with Gasteiger partial charge in [-0.15, -0.1) is 0 Å². The molecule has 0 aromatic heterocycles. The first-order valence-electron chi connectivity index (χ1n) is 9.34. The molecule has 1 heterocycles. The number of hydrogen-bond donors (Lipinski definition) is 0. The number of fused-ring (bicyclic) bond motifs is 1. The molecule has 0 saturated heterocycles. The first-order chi connectivity index (χ1) is 15.1. The number of allylic oxidation sites excluding steroid dienone is 1. The number of benzene rings is 3. The minimum absolute atomic E-state index is 0.196. The number of methoxy groups -OCH3 is 1. The maximum absolute atomic E-state index is 9.72. The molecule has 31 heavy (non-hydrogen) atoms. The van der Waals surface area contributed by atoms with E-state index in [1.54, 1.807) is 7.11 Å². The van der Waals surface area contributed by atoms with Crippen molar-refractivity contribution < 1.29 is 18.9 Å². The lowest BCUT2D eigenvalue weighted by molar-refractivity contribution is 0.174. The van der Waals surface area contributed by atoms with Gasteiger partial charge in [-0.2, -0.15) is 5.26 Å². The molecule has 0 saturated carbocycles. The van der Waals surface area contributed by atoms with Gasteiger partial charge in [0.05, 0.1) is 22.3 Å². The molecule has 4 rings (SSSR count). The number of halogens is 2. The third-order valence-corrected chi connectivity index (χ3v) is 5.99. The van der Waals surface area contributed by atoms with E-state index in [4.69, 9.17) is 18.9 Å². The van der Waals surface area contributed by atoms with E-state index in [0.717, 1.165) is 24.7 Å². The van der Waals surface area contributed by atoms with Gasteiger partial charge in [-0.05, 0) is 87.8 Å². The third-order valence-electron chi connectivity index (χ3n) is 4.66. The summed E-state index contributed by atoms with van der Waals surface area (Å²) in [5.74, 6) is 2.61. The standard InChI is InChI=1S/C24H17BrINO4/c1-28-23-10-16(8-18(12-27)17-4-7-21-22(11-17)31-14-30-21)9-20(26)24(23)29-13-15-2-5-19(25)6-3-15/h2-11H,13-14H2,1H3/b18-8-. The van der Waals surface area contributed by atoms with Crippen LogP contribution in [0.25, 0.3) is 11.6 Å². The maximum atomic E-state index is 9.72. The minimum atomic E-state index is 0.196. The summed E-state index contributed by atoms with van der Waals surface area (Å²) >= 11 is 5.66. The van der Waals surface area contributed by atoms with Gasteiger partial charge in [-0.1, -0.05) is 28.1 Å². The van der Waals surface area contributed by atoms with Crippen molar-refractivity contribution in [3.8, 4) is 29.1 Å². The molecule has 0 radical (unpaired) electrons. The highest BCUT2D eigenvalue weighted by Crippen LogP contribution is 2.37. The maximum Gasteiger partial charge on any atom is 0.231 e. The monoisotopic (exact) mass is 589 g/mol. The lowest BCUT2D eigenvalue weighted by Gasteiger charge is -2.14. The second kappa shape index (κ2) is 9.62. The summed E-state index contributed by atoms with van der Waals surface area (Å²) in [5, 5.41) is 9.72. The van der Waals surface area contributed by atoms with Crippen molar-refractivity contribution in [1.82, 2.24) is 0 Å². The van der Waals surface area contributed by atoms with Gasteiger partial charge in [-0.25, -0.2) is 0 Å². The van der Waals surface area contributed by atoms with Crippen molar-refractivity contribution in [1.29, 1.82) is 5.26 Å². The molecule has 1 aliphatic rings. The molecule has 1 aliphatic heterocycles. The van der Waals surface area contributed by atoms with Crippen LogP contribution >= 0.6 is 38.5 Å². The zero-order valence-electron chi connectivity index (χ0n) is 16.5. The van der Waals surface area contributed by atoms with Crippen molar-refractivity contribution in [2.24, 2.45) is 0 Å². The van der Waals surface area contributed by atoms with Gasteiger partial charge in [0.1, 0.15) is 6.61 Å². The van der Waals surface area contributed by atoms with E-state index in [1.165, 1.54) is 0 Å². The molecule has 0 unspecified atom stereocenters. The van der Waals surface area contributed by atoms with E-state index in [-0.39, 0.29) is 6.79 Å². The van der Waals surface area contributed by atoms with Gasteiger partial charge in [0.15, 0.2) is 23.0 Å². The molecule has 0 atom stereocenters. The van der Waals surface area contributed by atoms with E-state index < -0.39 is 0 Å². The van der Waals surface area contributed by atoms with Crippen molar-refractivity contribution >= 4 is 50.2 Å². The number of nitriles is 1. The Kier molecular flexibility index (Phi) is 6.68. The predicted octanol–water partition coefficient (Wildman–Crippen LogP) is 6.43. The van der Waals surface area contributed by atoms with Crippen LogP contribution in [-0.4, -0.2) is 13.9 Å². The number of hydrogen-bond acceptors (Lipinski definition) is 5. The Bertz CT molecular complexity index is 1190. The molecule has 0 N–H and O–H groups in total. The Morgan fingerprint density at radius 1 is 1.13 bits per heavy atom. The topological polar surface area (TPSA) is 60.7 Å². The third kappa shape index (κ3) is 4.97. The van der Waals surface area contributed by atoms with Crippen molar-refractivity contribution in [3.63, 3.8) is 0 Å². The number of nitrogens with zero attached hydrogens (tertiary/aromatic N) is 1. The smallest absolute Gasteiger partial charge is 0.231 e. The Hall–Kier alpha value is -2.70. The van der Waals surface area contributed by atoms with Crippen LogP contribution in [0.3, 0.4) is 0 Å². The molecule has 0 spiro atoms. The average Bonchev–Trinajstić information content (AvgIpc) is 3.25. The van der Waals surface area contributed by atoms with Gasteiger partial charge in [-0.3, -0.25) is 0 Å². The molecule has 0 aliphatic carbocycles. The fourth-order valence-electron chi connectivity index (χ4n) is 3.11. The van der Waals surface area contributed by atoms with Gasteiger partial charge in [0, 0.05) is 4.47 Å². The summed E-state index contributed by atoms with van der Waals surface area (Å²) in [5.41, 5.74) is 3.17. The molecule has 0 bridgehead atoms. The number of ether oxygens (including phenoxy) is 4. The summed E-state index contributed by atoms with van der Waals surface area (Å²) in [6, 6.07) is 19.5. The zero-order valence-corrected chi connectivity index (χ0v) is 20.3. The van der Waals surface area contributed by atoms with Gasteiger partial charge >= 0.3 is 0 Å². The Morgan fingerprint density at radius 2 is 1.90 bits per heavy atom. The van der Waals surface area contributed by atoms with E-state index in [9.17, 15) is 5.26 Å². The molecule has 7 heteroatoms. The zero-order chi connectivity index (χ0) is 21.8. The normalized spacial score (nSPS) is 12.4. The SMILES string of the molecule is COc1cc(/C=C(/C#N)c2ccc3c(c2)OCO3)cc(I)c1OCc1ccc(Br)cc1. The molecular weight excluding hydrogens is 573 g/mol. The summed E-state index contributed by atoms with van der Waals surface area (Å²) in [4.78, 5) is 0. The van der Waals surface area contributed by atoms with Gasteiger partial charge in [0.2, 0.25) is 6.79 Å². The van der Waals surface area contributed by atoms with E-state index >= 15 is 0 Å². The second-order valence-corrected chi connectivity index (χ2v) is 8.76. The van der Waals surface area contributed by atoms with Crippen molar-refractivity contribution in [3.05, 3.63) is 79.3 Å². The van der Waals surface area contributed by atoms with Gasteiger partial charge in [0.25, 0.3) is 0 Å². The Balaban J connectivity index is 1.60. The van der Waals surface area contributed by atoms with E-state index in [1.807, 2.05) is 60.7 Å². The average molecular weight is 590 g/mol. The Labute approximate surface area is 202 Å². The van der Waals surface area contributed by atoms with Crippen LogP contribution in [-0.2, 0) is 6.61 Å². The lowest BCUT2D eigenvalue weighted by atomic mass is 10.0. The number of rotatable bonds is 6. The predicted molar refractivity (Wildman–Crippen MR) is 130 cm³/mol. The molecule has 0 amide bonds. The van der Waals surface area contributed by atoms with Gasteiger partial charge < -0.3 is 18.9 Å². The Morgan fingerprint density at radius 3 is 2.65 bits per heavy atom. The van der Waals surface area contributed by atoms with Crippen LogP contribution in [0.1, 0.15) is 16.7 Å². The summed E-state index contributed by atoms with van der Waals surface area (Å²) in [7, 11) is 1.61. The molecule has 156 valence electrons. The largest absolute Gasteiger partial charge is 0.493 e. The minimum Gasteiger partial charge on any atom is -0.493 e. The van der Waals surface area contributed by atoms with Crippen LogP contribution in [0.2, 0.25) is 0 Å². The van der Waals surface area contributed by atoms with Crippen molar-refractivity contribution in [2.45, 2.75) is 6.61 Å². The van der Waals surface area contributed by atoms with Crippen LogP contribution in [0.5, 0.6) is 23.0 Å². The highest BCUT2D eigenvalue weighted by atomic mass is 127. The fraction of sp³-hybridized carbons (Fsp3) is 0.125. The second-order valence-electron chi connectivity index (χ2n) is 6.69. The highest BCUT2D eigenvalue weighted by Gasteiger charge is 2.16.